The van der Waals surface area contributed by atoms with Gasteiger partial charge >= 0.3 is 0 Å². The Labute approximate surface area is 91.5 Å². The average Bonchev–Trinajstić information content (AvgIpc) is 2.17. The van der Waals surface area contributed by atoms with E-state index in [1.165, 1.54) is 0 Å². The van der Waals surface area contributed by atoms with Gasteiger partial charge in [0.05, 0.1) is 0 Å². The molecule has 1 aromatic heterocycles. The summed E-state index contributed by atoms with van der Waals surface area (Å²) in [5.41, 5.74) is 7.54. The van der Waals surface area contributed by atoms with Crippen LogP contribution in [0.3, 0.4) is 0 Å². The molecule has 1 heterocycles. The first-order valence-corrected chi connectivity index (χ1v) is 5.44. The summed E-state index contributed by atoms with van der Waals surface area (Å²) >= 11 is 0. The van der Waals surface area contributed by atoms with Gasteiger partial charge in [0.1, 0.15) is 0 Å². The van der Waals surface area contributed by atoms with Gasteiger partial charge in [-0.1, -0.05) is 0 Å². The summed E-state index contributed by atoms with van der Waals surface area (Å²) in [4.78, 5) is 11.0. The number of nitrogens with zero attached hydrogens (tertiary/aromatic N) is 3. The molecule has 0 unspecified atom stereocenters. The summed E-state index contributed by atoms with van der Waals surface area (Å²) in [5.74, 6) is 0.823. The molecule has 0 radical (unpaired) electrons. The SMILES string of the molecule is CCN(CCCN)c1nc(C)cc(C)n1. The Morgan fingerprint density at radius 3 is 2.33 bits per heavy atom. The van der Waals surface area contributed by atoms with Crippen molar-refractivity contribution in [1.29, 1.82) is 0 Å². The molecule has 0 aliphatic rings. The molecular formula is C11H20N4. The lowest BCUT2D eigenvalue weighted by Gasteiger charge is -2.20. The Bertz CT molecular complexity index is 291. The molecule has 4 nitrogen and oxygen atoms in total. The van der Waals surface area contributed by atoms with Crippen molar-refractivity contribution < 1.29 is 0 Å². The highest BCUT2D eigenvalue weighted by Gasteiger charge is 2.07. The zero-order valence-electron chi connectivity index (χ0n) is 9.82. The van der Waals surface area contributed by atoms with Gasteiger partial charge in [-0.3, -0.25) is 0 Å². The molecule has 15 heavy (non-hydrogen) atoms. The molecule has 1 aromatic rings. The first kappa shape index (κ1) is 11.9. The van der Waals surface area contributed by atoms with Crippen molar-refractivity contribution in [3.8, 4) is 0 Å². The zero-order chi connectivity index (χ0) is 11.3. The van der Waals surface area contributed by atoms with Gasteiger partial charge in [-0.05, 0) is 39.8 Å². The van der Waals surface area contributed by atoms with Crippen LogP contribution in [0, 0.1) is 13.8 Å². The largest absolute Gasteiger partial charge is 0.341 e. The monoisotopic (exact) mass is 208 g/mol. The van der Waals surface area contributed by atoms with Crippen LogP contribution in [0.4, 0.5) is 5.95 Å². The standard InChI is InChI=1S/C11H20N4/c1-4-15(7-5-6-12)11-13-9(2)8-10(3)14-11/h8H,4-7,12H2,1-3H3. The summed E-state index contributed by atoms with van der Waals surface area (Å²) in [6, 6.07) is 1.99. The number of hydrogen-bond acceptors (Lipinski definition) is 4. The van der Waals surface area contributed by atoms with E-state index in [0.717, 1.165) is 36.8 Å². The van der Waals surface area contributed by atoms with Crippen LogP contribution in [-0.2, 0) is 0 Å². The van der Waals surface area contributed by atoms with Gasteiger partial charge in [-0.25, -0.2) is 9.97 Å². The second-order valence-corrected chi connectivity index (χ2v) is 3.67. The highest BCUT2D eigenvalue weighted by atomic mass is 15.2. The zero-order valence-corrected chi connectivity index (χ0v) is 9.82. The van der Waals surface area contributed by atoms with E-state index >= 15 is 0 Å². The van der Waals surface area contributed by atoms with Crippen molar-refractivity contribution in [2.45, 2.75) is 27.2 Å². The van der Waals surface area contributed by atoms with Gasteiger partial charge in [0.2, 0.25) is 5.95 Å². The average molecular weight is 208 g/mol. The van der Waals surface area contributed by atoms with Gasteiger partial charge < -0.3 is 10.6 Å². The molecule has 0 bridgehead atoms. The first-order valence-electron chi connectivity index (χ1n) is 5.44. The third-order valence-electron chi connectivity index (χ3n) is 2.27. The predicted molar refractivity (Wildman–Crippen MR) is 63.1 cm³/mol. The maximum Gasteiger partial charge on any atom is 0.225 e. The Kier molecular flexibility index (Phi) is 4.49. The van der Waals surface area contributed by atoms with Crippen molar-refractivity contribution in [2.24, 2.45) is 5.73 Å². The molecule has 0 saturated heterocycles. The van der Waals surface area contributed by atoms with Crippen LogP contribution in [0.15, 0.2) is 6.07 Å². The Hall–Kier alpha value is -1.16. The van der Waals surface area contributed by atoms with Gasteiger partial charge in [-0.15, -0.1) is 0 Å². The van der Waals surface area contributed by atoms with Crippen molar-refractivity contribution in [1.82, 2.24) is 9.97 Å². The molecule has 1 rings (SSSR count). The molecule has 0 aliphatic heterocycles. The minimum absolute atomic E-state index is 0.710. The summed E-state index contributed by atoms with van der Waals surface area (Å²) in [7, 11) is 0. The molecule has 0 spiro atoms. The lowest BCUT2D eigenvalue weighted by atomic mass is 10.3. The van der Waals surface area contributed by atoms with Crippen LogP contribution in [0.2, 0.25) is 0 Å². The van der Waals surface area contributed by atoms with Crippen molar-refractivity contribution in [3.05, 3.63) is 17.5 Å². The topological polar surface area (TPSA) is 55.0 Å². The van der Waals surface area contributed by atoms with E-state index in [1.54, 1.807) is 0 Å². The number of aryl methyl sites for hydroxylation is 2. The molecule has 4 heteroatoms. The van der Waals surface area contributed by atoms with Crippen molar-refractivity contribution in [2.75, 3.05) is 24.5 Å². The second-order valence-electron chi connectivity index (χ2n) is 3.67. The molecule has 2 N–H and O–H groups in total. The van der Waals surface area contributed by atoms with Crippen molar-refractivity contribution >= 4 is 5.95 Å². The summed E-state index contributed by atoms with van der Waals surface area (Å²) in [5, 5.41) is 0. The lowest BCUT2D eigenvalue weighted by molar-refractivity contribution is 0.728. The fourth-order valence-electron chi connectivity index (χ4n) is 1.53. The molecule has 0 saturated carbocycles. The lowest BCUT2D eigenvalue weighted by Crippen LogP contribution is -2.27. The van der Waals surface area contributed by atoms with E-state index in [0.29, 0.717) is 6.54 Å². The van der Waals surface area contributed by atoms with Crippen LogP contribution in [0.1, 0.15) is 24.7 Å². The predicted octanol–water partition coefficient (Wildman–Crippen LogP) is 1.27. The van der Waals surface area contributed by atoms with Crippen LogP contribution in [-0.4, -0.2) is 29.6 Å². The Balaban J connectivity index is 2.81. The van der Waals surface area contributed by atoms with Crippen LogP contribution >= 0.6 is 0 Å². The fraction of sp³-hybridized carbons (Fsp3) is 0.636. The van der Waals surface area contributed by atoms with Gasteiger partial charge in [0.15, 0.2) is 0 Å². The van der Waals surface area contributed by atoms with E-state index in [4.69, 9.17) is 5.73 Å². The summed E-state index contributed by atoms with van der Waals surface area (Å²) < 4.78 is 0. The highest BCUT2D eigenvalue weighted by Crippen LogP contribution is 2.09. The third kappa shape index (κ3) is 3.47. The number of anilines is 1. The van der Waals surface area contributed by atoms with E-state index in [2.05, 4.69) is 21.8 Å². The van der Waals surface area contributed by atoms with Gasteiger partial charge in [-0.2, -0.15) is 0 Å². The van der Waals surface area contributed by atoms with Gasteiger partial charge in [0.25, 0.3) is 0 Å². The number of nitrogens with two attached hydrogens (primary N) is 1. The van der Waals surface area contributed by atoms with Crippen LogP contribution < -0.4 is 10.6 Å². The smallest absolute Gasteiger partial charge is 0.225 e. The molecule has 0 atom stereocenters. The van der Waals surface area contributed by atoms with Crippen molar-refractivity contribution in [3.63, 3.8) is 0 Å². The summed E-state index contributed by atoms with van der Waals surface area (Å²) in [6.07, 6.45) is 0.976. The first-order chi connectivity index (χ1) is 7.17. The molecule has 0 fully saturated rings. The van der Waals surface area contributed by atoms with Crippen LogP contribution in [0.25, 0.3) is 0 Å². The van der Waals surface area contributed by atoms with E-state index in [-0.39, 0.29) is 0 Å². The molecule has 84 valence electrons. The molecule has 0 amide bonds. The normalized spacial score (nSPS) is 10.4. The number of rotatable bonds is 5. The Morgan fingerprint density at radius 1 is 1.27 bits per heavy atom. The van der Waals surface area contributed by atoms with E-state index in [1.807, 2.05) is 19.9 Å². The molecule has 0 aliphatic carbocycles. The van der Waals surface area contributed by atoms with E-state index in [9.17, 15) is 0 Å². The maximum atomic E-state index is 5.50. The second kappa shape index (κ2) is 5.66. The minimum Gasteiger partial charge on any atom is -0.341 e. The maximum absolute atomic E-state index is 5.50. The fourth-order valence-corrected chi connectivity index (χ4v) is 1.53. The number of hydrogen-bond donors (Lipinski definition) is 1. The Morgan fingerprint density at radius 2 is 1.87 bits per heavy atom. The highest BCUT2D eigenvalue weighted by molar-refractivity contribution is 5.31. The minimum atomic E-state index is 0.710. The quantitative estimate of drug-likeness (QED) is 0.791. The van der Waals surface area contributed by atoms with Gasteiger partial charge in [0, 0.05) is 24.5 Å². The molecule has 0 aromatic carbocycles. The third-order valence-corrected chi connectivity index (χ3v) is 2.27. The molecular weight excluding hydrogens is 188 g/mol. The van der Waals surface area contributed by atoms with Crippen LogP contribution in [0.5, 0.6) is 0 Å². The summed E-state index contributed by atoms with van der Waals surface area (Å²) in [6.45, 7) is 8.65. The number of aromatic nitrogens is 2. The van der Waals surface area contributed by atoms with E-state index < -0.39 is 0 Å².